The number of benzene rings is 2. The number of nitrogens with one attached hydrogen (secondary N) is 1. The summed E-state index contributed by atoms with van der Waals surface area (Å²) in [5.41, 5.74) is 2.20. The number of halogens is 1. The summed E-state index contributed by atoms with van der Waals surface area (Å²) in [4.78, 5) is 18.8. The number of aryl methyl sites for hydroxylation is 1. The van der Waals surface area contributed by atoms with Gasteiger partial charge >= 0.3 is 0 Å². The second-order valence-corrected chi connectivity index (χ2v) is 6.16. The highest BCUT2D eigenvalue weighted by molar-refractivity contribution is 5.99. The number of anilines is 2. The Balaban J connectivity index is 1.54. The fraction of sp³-hybridized carbons (Fsp3) is 0.200. The number of rotatable bonds is 3. The summed E-state index contributed by atoms with van der Waals surface area (Å²) in [5, 5.41) is 4.67. The van der Waals surface area contributed by atoms with E-state index in [1.165, 1.54) is 17.7 Å². The van der Waals surface area contributed by atoms with Crippen LogP contribution in [-0.4, -0.2) is 24.0 Å². The molecule has 25 heavy (non-hydrogen) atoms. The summed E-state index contributed by atoms with van der Waals surface area (Å²) in [7, 11) is 0. The predicted molar refractivity (Wildman–Crippen MR) is 97.3 cm³/mol. The fourth-order valence-corrected chi connectivity index (χ4v) is 3.34. The molecule has 1 aromatic heterocycles. The zero-order valence-corrected chi connectivity index (χ0v) is 13.7. The van der Waals surface area contributed by atoms with Crippen LogP contribution in [0.15, 0.2) is 54.7 Å². The van der Waals surface area contributed by atoms with Gasteiger partial charge in [-0.25, -0.2) is 9.37 Å². The van der Waals surface area contributed by atoms with Crippen molar-refractivity contribution in [3.8, 4) is 0 Å². The molecule has 0 saturated heterocycles. The first-order valence-electron chi connectivity index (χ1n) is 8.39. The monoisotopic (exact) mass is 335 g/mol. The lowest BCUT2D eigenvalue weighted by molar-refractivity contribution is -0.117. The van der Waals surface area contributed by atoms with E-state index in [-0.39, 0.29) is 18.3 Å². The first-order chi connectivity index (χ1) is 12.2. The first kappa shape index (κ1) is 15.6. The zero-order valence-electron chi connectivity index (χ0n) is 13.7. The van der Waals surface area contributed by atoms with Gasteiger partial charge in [-0.05, 0) is 54.1 Å². The average molecular weight is 335 g/mol. The van der Waals surface area contributed by atoms with Crippen molar-refractivity contribution in [2.75, 3.05) is 23.3 Å². The molecule has 1 N–H and O–H groups in total. The van der Waals surface area contributed by atoms with Crippen LogP contribution in [0.5, 0.6) is 0 Å². The van der Waals surface area contributed by atoms with Gasteiger partial charge in [-0.3, -0.25) is 4.79 Å². The molecule has 4 nitrogen and oxygen atoms in total. The highest BCUT2D eigenvalue weighted by atomic mass is 19.1. The van der Waals surface area contributed by atoms with Gasteiger partial charge in [0.1, 0.15) is 11.6 Å². The Morgan fingerprint density at radius 2 is 2.08 bits per heavy atom. The second-order valence-electron chi connectivity index (χ2n) is 6.16. The summed E-state index contributed by atoms with van der Waals surface area (Å²) in [6.07, 6.45) is 3.59. The maximum atomic E-state index is 13.4. The largest absolute Gasteiger partial charge is 0.360 e. The van der Waals surface area contributed by atoms with E-state index in [9.17, 15) is 9.18 Å². The summed E-state index contributed by atoms with van der Waals surface area (Å²) < 4.78 is 13.4. The van der Waals surface area contributed by atoms with Crippen molar-refractivity contribution in [2.45, 2.75) is 12.8 Å². The van der Waals surface area contributed by atoms with Crippen LogP contribution in [0, 0.1) is 5.82 Å². The Labute approximate surface area is 145 Å². The molecule has 1 aliphatic rings. The minimum Gasteiger partial charge on any atom is -0.360 e. The lowest BCUT2D eigenvalue weighted by atomic mass is 10.0. The molecule has 126 valence electrons. The van der Waals surface area contributed by atoms with E-state index in [1.54, 1.807) is 18.3 Å². The molecule has 0 aliphatic carbocycles. The van der Waals surface area contributed by atoms with Gasteiger partial charge in [0.05, 0.1) is 6.54 Å². The third-order valence-electron chi connectivity index (χ3n) is 4.54. The first-order valence-corrected chi connectivity index (χ1v) is 8.39. The predicted octanol–water partition coefficient (Wildman–Crippen LogP) is 3.77. The molecule has 0 atom stereocenters. The van der Waals surface area contributed by atoms with Crippen LogP contribution in [-0.2, 0) is 11.2 Å². The fourth-order valence-electron chi connectivity index (χ4n) is 3.34. The van der Waals surface area contributed by atoms with Gasteiger partial charge in [0.25, 0.3) is 0 Å². The number of hydrogen-bond donors (Lipinski definition) is 1. The van der Waals surface area contributed by atoms with Crippen molar-refractivity contribution in [3.05, 3.63) is 66.1 Å². The van der Waals surface area contributed by atoms with Crippen LogP contribution in [0.4, 0.5) is 15.9 Å². The van der Waals surface area contributed by atoms with E-state index < -0.39 is 0 Å². The summed E-state index contributed by atoms with van der Waals surface area (Å²) in [6.45, 7) is 0.878. The lowest BCUT2D eigenvalue weighted by Gasteiger charge is -2.29. The van der Waals surface area contributed by atoms with E-state index in [0.29, 0.717) is 5.82 Å². The summed E-state index contributed by atoms with van der Waals surface area (Å²) >= 11 is 0. The number of hydrogen-bond acceptors (Lipinski definition) is 3. The molecule has 1 amide bonds. The molecule has 5 heteroatoms. The third-order valence-corrected chi connectivity index (χ3v) is 4.54. The van der Waals surface area contributed by atoms with Crippen LogP contribution in [0.1, 0.15) is 12.0 Å². The highest BCUT2D eigenvalue weighted by Gasteiger charge is 2.21. The molecule has 2 heterocycles. The van der Waals surface area contributed by atoms with E-state index in [2.05, 4.69) is 16.4 Å². The van der Waals surface area contributed by atoms with Crippen molar-refractivity contribution in [1.29, 1.82) is 0 Å². The highest BCUT2D eigenvalue weighted by Crippen LogP contribution is 2.27. The number of pyridine rings is 1. The van der Waals surface area contributed by atoms with E-state index >= 15 is 0 Å². The van der Waals surface area contributed by atoms with Gasteiger partial charge in [-0.2, -0.15) is 0 Å². The number of carbonyl (C=O) groups is 1. The number of nitrogens with zero attached hydrogens (tertiary/aromatic N) is 2. The molecule has 4 rings (SSSR count). The topological polar surface area (TPSA) is 45.2 Å². The SMILES string of the molecule is O=C(CNc1nccc2cc(F)ccc12)N1CCCc2ccccc21. The number of fused-ring (bicyclic) bond motifs is 2. The van der Waals surface area contributed by atoms with E-state index in [4.69, 9.17) is 0 Å². The Morgan fingerprint density at radius 1 is 1.20 bits per heavy atom. The molecule has 0 unspecified atom stereocenters. The zero-order chi connectivity index (χ0) is 17.2. The molecule has 0 saturated carbocycles. The van der Waals surface area contributed by atoms with Crippen LogP contribution >= 0.6 is 0 Å². The van der Waals surface area contributed by atoms with Crippen LogP contribution < -0.4 is 10.2 Å². The minimum atomic E-state index is -0.286. The molecule has 2 aromatic carbocycles. The van der Waals surface area contributed by atoms with E-state index in [1.807, 2.05) is 23.1 Å². The standard InChI is InChI=1S/C20H18FN3O/c21-16-7-8-17-15(12-16)9-10-22-20(17)23-13-19(25)24-11-3-5-14-4-1-2-6-18(14)24/h1-2,4,6-10,12H,3,5,11,13H2,(H,22,23). The van der Waals surface area contributed by atoms with Crippen molar-refractivity contribution in [3.63, 3.8) is 0 Å². The van der Waals surface area contributed by atoms with Crippen molar-refractivity contribution < 1.29 is 9.18 Å². The summed E-state index contributed by atoms with van der Waals surface area (Å²) in [5.74, 6) is 0.315. The van der Waals surface area contributed by atoms with Crippen molar-refractivity contribution in [1.82, 2.24) is 4.98 Å². The van der Waals surface area contributed by atoms with Gasteiger partial charge < -0.3 is 10.2 Å². The minimum absolute atomic E-state index is 0.00747. The van der Waals surface area contributed by atoms with E-state index in [0.717, 1.165) is 35.8 Å². The normalized spacial score (nSPS) is 13.6. The number of aromatic nitrogens is 1. The van der Waals surface area contributed by atoms with Crippen LogP contribution in [0.25, 0.3) is 10.8 Å². The number of para-hydroxylation sites is 1. The van der Waals surface area contributed by atoms with Gasteiger partial charge in [0.15, 0.2) is 0 Å². The van der Waals surface area contributed by atoms with Gasteiger partial charge in [0.2, 0.25) is 5.91 Å². The van der Waals surface area contributed by atoms with Crippen LogP contribution in [0.2, 0.25) is 0 Å². The molecule has 0 bridgehead atoms. The second kappa shape index (κ2) is 6.51. The quantitative estimate of drug-likeness (QED) is 0.792. The van der Waals surface area contributed by atoms with Gasteiger partial charge in [-0.1, -0.05) is 18.2 Å². The van der Waals surface area contributed by atoms with Crippen LogP contribution in [0.3, 0.4) is 0 Å². The molecule has 0 spiro atoms. The van der Waals surface area contributed by atoms with Gasteiger partial charge in [0, 0.05) is 23.8 Å². The Hall–Kier alpha value is -2.95. The Bertz CT molecular complexity index is 941. The maximum Gasteiger partial charge on any atom is 0.246 e. The third kappa shape index (κ3) is 3.05. The molecule has 0 radical (unpaired) electrons. The molecule has 3 aromatic rings. The Kier molecular flexibility index (Phi) is 4.06. The lowest BCUT2D eigenvalue weighted by Crippen LogP contribution is -2.39. The number of carbonyl (C=O) groups excluding carboxylic acids is 1. The number of amides is 1. The van der Waals surface area contributed by atoms with Crippen molar-refractivity contribution in [2.24, 2.45) is 0 Å². The van der Waals surface area contributed by atoms with Gasteiger partial charge in [-0.15, -0.1) is 0 Å². The summed E-state index contributed by atoms with van der Waals surface area (Å²) in [6, 6.07) is 14.3. The molecular formula is C20H18FN3O. The maximum absolute atomic E-state index is 13.4. The molecular weight excluding hydrogens is 317 g/mol. The average Bonchev–Trinajstić information content (AvgIpc) is 2.65. The molecule has 1 aliphatic heterocycles. The Morgan fingerprint density at radius 3 is 3.00 bits per heavy atom. The molecule has 0 fully saturated rings. The van der Waals surface area contributed by atoms with Crippen molar-refractivity contribution >= 4 is 28.2 Å². The smallest absolute Gasteiger partial charge is 0.246 e.